The van der Waals surface area contributed by atoms with Gasteiger partial charge in [-0.2, -0.15) is 0 Å². The van der Waals surface area contributed by atoms with Crippen LogP contribution in [-0.4, -0.2) is 34.1 Å². The molecule has 1 aromatic rings. The van der Waals surface area contributed by atoms with Gasteiger partial charge in [0.25, 0.3) is 0 Å². The lowest BCUT2D eigenvalue weighted by molar-refractivity contribution is 0.570. The molecule has 21 heavy (non-hydrogen) atoms. The molecule has 0 spiro atoms. The molecule has 1 heterocycles. The lowest BCUT2D eigenvalue weighted by Crippen LogP contribution is -2.31. The standard InChI is InChI=1S/C15H23N3O2S/c1-12(2)18-21(19,20)15-6-4-3-5-14(15)17-11-13-7-9-16-10-8-13/h3-7,12,16-18H,8-11H2,1-2H3. The third kappa shape index (κ3) is 4.56. The van der Waals surface area contributed by atoms with Crippen molar-refractivity contribution < 1.29 is 8.42 Å². The van der Waals surface area contributed by atoms with Crippen molar-refractivity contribution in [3.05, 3.63) is 35.9 Å². The van der Waals surface area contributed by atoms with Gasteiger partial charge in [0, 0.05) is 19.1 Å². The number of anilines is 1. The molecule has 0 saturated heterocycles. The van der Waals surface area contributed by atoms with Crippen LogP contribution in [0.25, 0.3) is 0 Å². The van der Waals surface area contributed by atoms with E-state index in [2.05, 4.69) is 21.4 Å². The third-order valence-corrected chi connectivity index (χ3v) is 4.95. The Bertz CT molecular complexity index is 609. The first-order valence-corrected chi connectivity index (χ1v) is 8.71. The summed E-state index contributed by atoms with van der Waals surface area (Å²) in [6, 6.07) is 6.88. The van der Waals surface area contributed by atoms with Crippen molar-refractivity contribution in [2.24, 2.45) is 0 Å². The molecule has 0 bridgehead atoms. The van der Waals surface area contributed by atoms with Gasteiger partial charge in [-0.05, 0) is 38.9 Å². The monoisotopic (exact) mass is 309 g/mol. The van der Waals surface area contributed by atoms with Gasteiger partial charge in [-0.15, -0.1) is 0 Å². The number of rotatable bonds is 6. The Hall–Kier alpha value is -1.37. The first-order valence-electron chi connectivity index (χ1n) is 7.23. The van der Waals surface area contributed by atoms with Crippen molar-refractivity contribution in [1.29, 1.82) is 0 Å². The maximum Gasteiger partial charge on any atom is 0.242 e. The lowest BCUT2D eigenvalue weighted by Gasteiger charge is -2.18. The van der Waals surface area contributed by atoms with Crippen LogP contribution in [-0.2, 0) is 10.0 Å². The minimum absolute atomic E-state index is 0.129. The van der Waals surface area contributed by atoms with E-state index >= 15 is 0 Å². The fourth-order valence-electron chi connectivity index (χ4n) is 2.26. The third-order valence-electron chi connectivity index (χ3n) is 3.23. The largest absolute Gasteiger partial charge is 0.380 e. The maximum absolute atomic E-state index is 12.3. The molecular weight excluding hydrogens is 286 g/mol. The van der Waals surface area contributed by atoms with Gasteiger partial charge in [0.2, 0.25) is 10.0 Å². The summed E-state index contributed by atoms with van der Waals surface area (Å²) >= 11 is 0. The van der Waals surface area contributed by atoms with Gasteiger partial charge in [-0.3, -0.25) is 0 Å². The SMILES string of the molecule is CC(C)NS(=O)(=O)c1ccccc1NCC1=CCNCC1. The zero-order valence-electron chi connectivity index (χ0n) is 12.5. The molecular formula is C15H23N3O2S. The van der Waals surface area contributed by atoms with E-state index in [1.54, 1.807) is 18.2 Å². The van der Waals surface area contributed by atoms with Crippen LogP contribution in [0.4, 0.5) is 5.69 Å². The summed E-state index contributed by atoms with van der Waals surface area (Å²) in [4.78, 5) is 0.299. The lowest BCUT2D eigenvalue weighted by atomic mass is 10.1. The molecule has 0 amide bonds. The average molecular weight is 309 g/mol. The first-order chi connectivity index (χ1) is 9.99. The molecule has 116 valence electrons. The van der Waals surface area contributed by atoms with E-state index in [1.165, 1.54) is 5.57 Å². The number of benzene rings is 1. The molecule has 1 aliphatic heterocycles. The molecule has 5 nitrogen and oxygen atoms in total. The normalized spacial score (nSPS) is 15.9. The van der Waals surface area contributed by atoms with E-state index in [9.17, 15) is 8.42 Å². The van der Waals surface area contributed by atoms with Gasteiger partial charge in [0.05, 0.1) is 5.69 Å². The van der Waals surface area contributed by atoms with Gasteiger partial charge >= 0.3 is 0 Å². The molecule has 0 aliphatic carbocycles. The van der Waals surface area contributed by atoms with E-state index < -0.39 is 10.0 Å². The highest BCUT2D eigenvalue weighted by Gasteiger charge is 2.19. The molecule has 0 radical (unpaired) electrons. The van der Waals surface area contributed by atoms with Gasteiger partial charge in [-0.25, -0.2) is 13.1 Å². The molecule has 0 fully saturated rings. The quantitative estimate of drug-likeness (QED) is 0.700. The Kier molecular flexibility index (Phi) is 5.39. The van der Waals surface area contributed by atoms with Crippen molar-refractivity contribution in [3.8, 4) is 0 Å². The van der Waals surface area contributed by atoms with Crippen molar-refractivity contribution in [1.82, 2.24) is 10.0 Å². The van der Waals surface area contributed by atoms with Crippen LogP contribution < -0.4 is 15.4 Å². The van der Waals surface area contributed by atoms with Crippen molar-refractivity contribution in [3.63, 3.8) is 0 Å². The van der Waals surface area contributed by atoms with E-state index in [0.29, 0.717) is 17.1 Å². The Morgan fingerprint density at radius 1 is 1.29 bits per heavy atom. The second-order valence-electron chi connectivity index (χ2n) is 5.44. The fraction of sp³-hybridized carbons (Fsp3) is 0.467. The van der Waals surface area contributed by atoms with Crippen LogP contribution in [0.3, 0.4) is 0 Å². The highest BCUT2D eigenvalue weighted by molar-refractivity contribution is 7.89. The zero-order chi connectivity index (χ0) is 15.3. The molecule has 2 rings (SSSR count). The predicted octanol–water partition coefficient (Wildman–Crippen LogP) is 1.70. The highest BCUT2D eigenvalue weighted by atomic mass is 32.2. The van der Waals surface area contributed by atoms with Gasteiger partial charge in [-0.1, -0.05) is 23.8 Å². The van der Waals surface area contributed by atoms with Crippen LogP contribution in [0, 0.1) is 0 Å². The first kappa shape index (κ1) is 16.0. The fourth-order valence-corrected chi connectivity index (χ4v) is 3.69. The minimum atomic E-state index is -3.49. The van der Waals surface area contributed by atoms with E-state index in [1.807, 2.05) is 19.9 Å². The number of sulfonamides is 1. The van der Waals surface area contributed by atoms with Crippen LogP contribution in [0.5, 0.6) is 0 Å². The molecule has 1 aliphatic rings. The molecule has 0 saturated carbocycles. The van der Waals surface area contributed by atoms with Crippen molar-refractivity contribution >= 4 is 15.7 Å². The molecule has 0 unspecified atom stereocenters. The van der Waals surface area contributed by atoms with Gasteiger partial charge in [0.1, 0.15) is 4.90 Å². The summed E-state index contributed by atoms with van der Waals surface area (Å²) in [7, 11) is -3.49. The summed E-state index contributed by atoms with van der Waals surface area (Å²) in [6.07, 6.45) is 3.14. The molecule has 6 heteroatoms. The highest BCUT2D eigenvalue weighted by Crippen LogP contribution is 2.21. The molecule has 0 aromatic heterocycles. The number of nitrogens with one attached hydrogen (secondary N) is 3. The summed E-state index contributed by atoms with van der Waals surface area (Å²) in [5, 5.41) is 6.51. The van der Waals surface area contributed by atoms with Crippen LogP contribution >= 0.6 is 0 Å². The predicted molar refractivity (Wildman–Crippen MR) is 86.0 cm³/mol. The minimum Gasteiger partial charge on any atom is -0.380 e. The summed E-state index contributed by atoms with van der Waals surface area (Å²) in [6.45, 7) is 6.16. The number of para-hydroxylation sites is 1. The Balaban J connectivity index is 2.15. The van der Waals surface area contributed by atoms with Crippen molar-refractivity contribution in [2.75, 3.05) is 25.0 Å². The summed E-state index contributed by atoms with van der Waals surface area (Å²) in [5.74, 6) is 0. The smallest absolute Gasteiger partial charge is 0.242 e. The topological polar surface area (TPSA) is 70.2 Å². The summed E-state index contributed by atoms with van der Waals surface area (Å²) in [5.41, 5.74) is 1.95. The second-order valence-corrected chi connectivity index (χ2v) is 7.12. The van der Waals surface area contributed by atoms with Gasteiger partial charge in [0.15, 0.2) is 0 Å². The Labute approximate surface area is 126 Å². The van der Waals surface area contributed by atoms with Crippen LogP contribution in [0.2, 0.25) is 0 Å². The summed E-state index contributed by atoms with van der Waals surface area (Å²) < 4.78 is 27.3. The van der Waals surface area contributed by atoms with E-state index in [0.717, 1.165) is 19.5 Å². The molecule has 1 aromatic carbocycles. The average Bonchev–Trinajstić information content (AvgIpc) is 2.45. The maximum atomic E-state index is 12.3. The Morgan fingerprint density at radius 3 is 2.71 bits per heavy atom. The van der Waals surface area contributed by atoms with E-state index in [-0.39, 0.29) is 6.04 Å². The molecule has 3 N–H and O–H groups in total. The van der Waals surface area contributed by atoms with Gasteiger partial charge < -0.3 is 10.6 Å². The zero-order valence-corrected chi connectivity index (χ0v) is 13.3. The van der Waals surface area contributed by atoms with E-state index in [4.69, 9.17) is 0 Å². The van der Waals surface area contributed by atoms with Crippen LogP contribution in [0.15, 0.2) is 40.8 Å². The van der Waals surface area contributed by atoms with Crippen LogP contribution in [0.1, 0.15) is 20.3 Å². The number of hydrogen-bond acceptors (Lipinski definition) is 4. The molecule has 0 atom stereocenters. The second kappa shape index (κ2) is 7.06. The Morgan fingerprint density at radius 2 is 2.05 bits per heavy atom. The van der Waals surface area contributed by atoms with Crippen molar-refractivity contribution in [2.45, 2.75) is 31.2 Å². The number of hydrogen-bond donors (Lipinski definition) is 3.